The van der Waals surface area contributed by atoms with Gasteiger partial charge in [-0.1, -0.05) is 31.0 Å². The van der Waals surface area contributed by atoms with Gasteiger partial charge in [0.05, 0.1) is 0 Å². The molecule has 5 heteroatoms. The molecule has 1 aliphatic carbocycles. The average Bonchev–Trinajstić information content (AvgIpc) is 3.12. The van der Waals surface area contributed by atoms with Crippen LogP contribution in [0.2, 0.25) is 0 Å². The smallest absolute Gasteiger partial charge is 0.327 e. The second-order valence-corrected chi connectivity index (χ2v) is 5.89. The molecule has 0 aromatic heterocycles. The van der Waals surface area contributed by atoms with Gasteiger partial charge in [0, 0.05) is 25.2 Å². The highest BCUT2D eigenvalue weighted by molar-refractivity contribution is 6.01. The van der Waals surface area contributed by atoms with Crippen LogP contribution in [0.1, 0.15) is 31.2 Å². The standard InChI is InChI=1S/C16H20N2O3/c1-17(12-7-3-4-8-12)16(21)18-13-9-5-2-6-11(13)10-14(18)15(19)20/h2,5-6,9,12,14H,3-4,7-8,10H2,1H3,(H,19,20). The Bertz CT molecular complexity index is 566. The number of hydrogen-bond donors (Lipinski definition) is 1. The number of benzene rings is 1. The zero-order valence-electron chi connectivity index (χ0n) is 12.2. The topological polar surface area (TPSA) is 60.9 Å². The Balaban J connectivity index is 1.90. The molecule has 0 bridgehead atoms. The van der Waals surface area contributed by atoms with Crippen LogP contribution in [0.3, 0.4) is 0 Å². The maximum atomic E-state index is 12.8. The number of amides is 2. The molecule has 1 aromatic carbocycles. The van der Waals surface area contributed by atoms with Crippen LogP contribution < -0.4 is 4.90 Å². The minimum atomic E-state index is -0.945. The van der Waals surface area contributed by atoms with Gasteiger partial charge in [0.15, 0.2) is 0 Å². The van der Waals surface area contributed by atoms with Crippen LogP contribution in [-0.4, -0.2) is 41.1 Å². The van der Waals surface area contributed by atoms with E-state index in [-0.39, 0.29) is 12.1 Å². The minimum Gasteiger partial charge on any atom is -0.480 e. The molecule has 1 aromatic rings. The van der Waals surface area contributed by atoms with E-state index in [1.165, 1.54) is 4.90 Å². The number of hydrogen-bond acceptors (Lipinski definition) is 2. The van der Waals surface area contributed by atoms with E-state index in [2.05, 4.69) is 0 Å². The number of carbonyl (C=O) groups excluding carboxylic acids is 1. The molecule has 1 atom stereocenters. The van der Waals surface area contributed by atoms with Crippen molar-refractivity contribution in [1.82, 2.24) is 4.90 Å². The maximum Gasteiger partial charge on any atom is 0.327 e. The van der Waals surface area contributed by atoms with Crippen molar-refractivity contribution in [1.29, 1.82) is 0 Å². The van der Waals surface area contributed by atoms with Gasteiger partial charge in [0.2, 0.25) is 0 Å². The summed E-state index contributed by atoms with van der Waals surface area (Å²) in [6.45, 7) is 0. The van der Waals surface area contributed by atoms with Crippen LogP contribution in [0, 0.1) is 0 Å². The van der Waals surface area contributed by atoms with Gasteiger partial charge in [-0.05, 0) is 24.5 Å². The largest absolute Gasteiger partial charge is 0.480 e. The van der Waals surface area contributed by atoms with E-state index in [1.54, 1.807) is 11.9 Å². The van der Waals surface area contributed by atoms with Crippen molar-refractivity contribution in [3.05, 3.63) is 29.8 Å². The number of anilines is 1. The zero-order valence-corrected chi connectivity index (χ0v) is 12.2. The van der Waals surface area contributed by atoms with Crippen LogP contribution in [0.25, 0.3) is 0 Å². The Morgan fingerprint density at radius 2 is 1.90 bits per heavy atom. The highest BCUT2D eigenvalue weighted by atomic mass is 16.4. The van der Waals surface area contributed by atoms with Crippen molar-refractivity contribution >= 4 is 17.7 Å². The molecule has 0 radical (unpaired) electrons. The molecule has 1 N–H and O–H groups in total. The second kappa shape index (κ2) is 5.39. The van der Waals surface area contributed by atoms with Crippen LogP contribution in [0.5, 0.6) is 0 Å². The number of aliphatic carboxylic acids is 1. The number of carbonyl (C=O) groups is 2. The van der Waals surface area contributed by atoms with E-state index < -0.39 is 12.0 Å². The SMILES string of the molecule is CN(C(=O)N1c2ccccc2CC1C(=O)O)C1CCCC1. The highest BCUT2D eigenvalue weighted by Gasteiger charge is 2.40. The Kier molecular flexibility index (Phi) is 3.57. The van der Waals surface area contributed by atoms with E-state index in [0.717, 1.165) is 36.9 Å². The van der Waals surface area contributed by atoms with E-state index >= 15 is 0 Å². The first-order chi connectivity index (χ1) is 10.1. The molecule has 0 spiro atoms. The lowest BCUT2D eigenvalue weighted by molar-refractivity contribution is -0.138. The van der Waals surface area contributed by atoms with E-state index in [1.807, 2.05) is 24.3 Å². The van der Waals surface area contributed by atoms with Gasteiger partial charge in [-0.2, -0.15) is 0 Å². The van der Waals surface area contributed by atoms with Gasteiger partial charge in [-0.15, -0.1) is 0 Å². The molecule has 1 unspecified atom stereocenters. The number of carboxylic acids is 1. The van der Waals surface area contributed by atoms with E-state index in [9.17, 15) is 14.7 Å². The lowest BCUT2D eigenvalue weighted by Crippen LogP contribution is -2.50. The number of rotatable bonds is 2. The summed E-state index contributed by atoms with van der Waals surface area (Å²) in [7, 11) is 1.79. The minimum absolute atomic E-state index is 0.195. The first-order valence-corrected chi connectivity index (χ1v) is 7.46. The van der Waals surface area contributed by atoms with Crippen molar-refractivity contribution in [3.63, 3.8) is 0 Å². The Morgan fingerprint density at radius 3 is 2.57 bits per heavy atom. The number of para-hydroxylation sites is 1. The molecule has 2 amide bonds. The number of fused-ring (bicyclic) bond motifs is 1. The molecule has 0 saturated heterocycles. The van der Waals surface area contributed by atoms with Gasteiger partial charge < -0.3 is 10.0 Å². The lowest BCUT2D eigenvalue weighted by atomic mass is 10.1. The van der Waals surface area contributed by atoms with Crippen molar-refractivity contribution in [2.45, 2.75) is 44.2 Å². The van der Waals surface area contributed by atoms with Crippen LogP contribution in [-0.2, 0) is 11.2 Å². The molecule has 112 valence electrons. The summed E-state index contributed by atoms with van der Waals surface area (Å²) >= 11 is 0. The molecule has 5 nitrogen and oxygen atoms in total. The monoisotopic (exact) mass is 288 g/mol. The molecular formula is C16H20N2O3. The first-order valence-electron chi connectivity index (χ1n) is 7.46. The summed E-state index contributed by atoms with van der Waals surface area (Å²) in [6.07, 6.45) is 4.68. The van der Waals surface area contributed by atoms with Crippen LogP contribution in [0.15, 0.2) is 24.3 Å². The fourth-order valence-electron chi connectivity index (χ4n) is 3.44. The summed E-state index contributed by atoms with van der Waals surface area (Å²) in [5.41, 5.74) is 1.66. The summed E-state index contributed by atoms with van der Waals surface area (Å²) in [5.74, 6) is -0.945. The van der Waals surface area contributed by atoms with Gasteiger partial charge in [0.25, 0.3) is 0 Å². The van der Waals surface area contributed by atoms with Crippen molar-refractivity contribution in [2.24, 2.45) is 0 Å². The summed E-state index contributed by atoms with van der Waals surface area (Å²) < 4.78 is 0. The van der Waals surface area contributed by atoms with Crippen molar-refractivity contribution < 1.29 is 14.7 Å². The fraction of sp³-hybridized carbons (Fsp3) is 0.500. The van der Waals surface area contributed by atoms with Crippen LogP contribution >= 0.6 is 0 Å². The lowest BCUT2D eigenvalue weighted by Gasteiger charge is -2.31. The number of nitrogens with zero attached hydrogens (tertiary/aromatic N) is 2. The third-order valence-corrected chi connectivity index (χ3v) is 4.64. The zero-order chi connectivity index (χ0) is 15.0. The van der Waals surface area contributed by atoms with Crippen molar-refractivity contribution in [2.75, 3.05) is 11.9 Å². The summed E-state index contributed by atoms with van der Waals surface area (Å²) in [5, 5.41) is 9.44. The Labute approximate surface area is 124 Å². The quantitative estimate of drug-likeness (QED) is 0.909. The third kappa shape index (κ3) is 2.37. The fourth-order valence-corrected chi connectivity index (χ4v) is 3.44. The van der Waals surface area contributed by atoms with Crippen molar-refractivity contribution in [3.8, 4) is 0 Å². The summed E-state index contributed by atoms with van der Waals surface area (Å²) in [6, 6.07) is 6.70. The van der Waals surface area contributed by atoms with E-state index in [4.69, 9.17) is 0 Å². The van der Waals surface area contributed by atoms with Gasteiger partial charge in [-0.3, -0.25) is 4.90 Å². The summed E-state index contributed by atoms with van der Waals surface area (Å²) in [4.78, 5) is 27.5. The molecule has 1 heterocycles. The third-order valence-electron chi connectivity index (χ3n) is 4.64. The molecule has 1 fully saturated rings. The molecule has 1 saturated carbocycles. The maximum absolute atomic E-state index is 12.8. The molecular weight excluding hydrogens is 268 g/mol. The number of urea groups is 1. The predicted octanol–water partition coefficient (Wildman–Crippen LogP) is 2.50. The van der Waals surface area contributed by atoms with Gasteiger partial charge in [0.1, 0.15) is 6.04 Å². The number of carboxylic acid groups (broad SMARTS) is 1. The predicted molar refractivity (Wildman–Crippen MR) is 79.5 cm³/mol. The molecule has 21 heavy (non-hydrogen) atoms. The molecule has 3 rings (SSSR count). The normalized spacial score (nSPS) is 21.4. The van der Waals surface area contributed by atoms with Gasteiger partial charge >= 0.3 is 12.0 Å². The molecule has 2 aliphatic rings. The van der Waals surface area contributed by atoms with Crippen LogP contribution in [0.4, 0.5) is 10.5 Å². The van der Waals surface area contributed by atoms with E-state index in [0.29, 0.717) is 6.42 Å². The first kappa shape index (κ1) is 13.9. The Hall–Kier alpha value is -2.04. The van der Waals surface area contributed by atoms with Gasteiger partial charge in [-0.25, -0.2) is 9.59 Å². The molecule has 1 aliphatic heterocycles. The average molecular weight is 288 g/mol. The highest BCUT2D eigenvalue weighted by Crippen LogP contribution is 2.34. The Morgan fingerprint density at radius 1 is 1.24 bits per heavy atom. The second-order valence-electron chi connectivity index (χ2n) is 5.89.